The summed E-state index contributed by atoms with van der Waals surface area (Å²) in [6.45, 7) is 20.5. The fourth-order valence-electron chi connectivity index (χ4n) is 4.39. The normalized spacial score (nSPS) is 24.3. The molecule has 8 nitrogen and oxygen atoms in total. The van der Waals surface area contributed by atoms with E-state index in [0.717, 1.165) is 11.6 Å². The highest BCUT2D eigenvalue weighted by atomic mass is 28.3. The van der Waals surface area contributed by atoms with Gasteiger partial charge in [-0.3, -0.25) is 4.79 Å². The Morgan fingerprint density at radius 2 is 1.92 bits per heavy atom. The van der Waals surface area contributed by atoms with Crippen molar-refractivity contribution in [1.29, 1.82) is 0 Å². The summed E-state index contributed by atoms with van der Waals surface area (Å²) in [7, 11) is -1.15. The third kappa shape index (κ3) is 10.2. The van der Waals surface area contributed by atoms with E-state index in [4.69, 9.17) is 23.7 Å². The summed E-state index contributed by atoms with van der Waals surface area (Å²) in [5.41, 5.74) is 1.08. The molecule has 2 saturated heterocycles. The number of rotatable bonds is 14. The Kier molecular flexibility index (Phi) is 11.6. The molecule has 9 heteroatoms. The monoisotopic (exact) mass is 527 g/mol. The molecule has 2 rings (SSSR count). The molecule has 0 bridgehead atoms. The maximum atomic E-state index is 13.0. The molecule has 0 saturated carbocycles. The molecule has 4 atom stereocenters. The van der Waals surface area contributed by atoms with Gasteiger partial charge in [-0.05, 0) is 45.6 Å². The molecule has 0 aromatic heterocycles. The number of imide groups is 1. The van der Waals surface area contributed by atoms with Crippen LogP contribution in [0.5, 0.6) is 0 Å². The van der Waals surface area contributed by atoms with Crippen molar-refractivity contribution >= 4 is 20.1 Å². The molecule has 0 radical (unpaired) electrons. The molecule has 2 amide bonds. The van der Waals surface area contributed by atoms with Gasteiger partial charge in [0.05, 0.1) is 24.9 Å². The predicted molar refractivity (Wildman–Crippen MR) is 142 cm³/mol. The number of amides is 2. The predicted octanol–water partition coefficient (Wildman–Crippen LogP) is 5.59. The van der Waals surface area contributed by atoms with E-state index >= 15 is 0 Å². The van der Waals surface area contributed by atoms with Crippen LogP contribution in [0.25, 0.3) is 0 Å². The number of nitrogens with zero attached hydrogens (tertiary/aromatic N) is 1. The van der Waals surface area contributed by atoms with Gasteiger partial charge in [0.1, 0.15) is 13.4 Å². The standard InChI is InChI=1S/C27H49NO7Si/c1-19(2)24-17-32-26(30)28(24)25(29)21(4)14-20(3)10-11-22(15-23-16-34-27(5,6)35-23)33-18-31-12-13-36(7,8)9/h10,19,21-24H,11-18H2,1-9H3/b20-10+/t21-,22-,23+,24-/m1/s1. The average molecular weight is 528 g/mol. The van der Waals surface area contributed by atoms with Crippen LogP contribution in [0.15, 0.2) is 11.6 Å². The molecule has 0 N–H and O–H groups in total. The lowest BCUT2D eigenvalue weighted by molar-refractivity contribution is -0.147. The maximum Gasteiger partial charge on any atom is 0.416 e. The first-order chi connectivity index (χ1) is 16.7. The fraction of sp³-hybridized carbons (Fsp3) is 0.852. The minimum absolute atomic E-state index is 0.0321. The quantitative estimate of drug-likeness (QED) is 0.126. The van der Waals surface area contributed by atoms with E-state index in [0.29, 0.717) is 32.5 Å². The number of allylic oxidation sites excluding steroid dienone is 1. The summed E-state index contributed by atoms with van der Waals surface area (Å²) in [5, 5.41) is 0. The lowest BCUT2D eigenvalue weighted by Gasteiger charge is -2.25. The van der Waals surface area contributed by atoms with E-state index in [-0.39, 0.29) is 49.4 Å². The number of hydrogen-bond donors (Lipinski definition) is 0. The highest BCUT2D eigenvalue weighted by Crippen LogP contribution is 2.27. The Hall–Kier alpha value is -1.26. The largest absolute Gasteiger partial charge is 0.447 e. The van der Waals surface area contributed by atoms with Gasteiger partial charge in [-0.1, -0.05) is 52.1 Å². The van der Waals surface area contributed by atoms with E-state index in [1.54, 1.807) is 0 Å². The second-order valence-electron chi connectivity index (χ2n) is 12.3. The third-order valence-corrected chi connectivity index (χ3v) is 8.37. The molecular formula is C27H49NO7Si. The summed E-state index contributed by atoms with van der Waals surface area (Å²) in [4.78, 5) is 26.5. The Balaban J connectivity index is 1.92. The second kappa shape index (κ2) is 13.5. The SMILES string of the molecule is C/C(=C\C[C@H](C[C@H]1COC(C)(C)O1)OCOCC[Si](C)(C)C)C[C@@H](C)C(=O)N1C(=O)OC[C@@H]1C(C)C. The van der Waals surface area contributed by atoms with Crippen molar-refractivity contribution in [2.45, 2.75) is 111 Å². The summed E-state index contributed by atoms with van der Waals surface area (Å²) in [6.07, 6.45) is 3.44. The van der Waals surface area contributed by atoms with E-state index in [2.05, 4.69) is 25.7 Å². The molecule has 0 aromatic rings. The highest BCUT2D eigenvalue weighted by Gasteiger charge is 2.41. The number of ether oxygens (including phenoxy) is 5. The molecule has 0 unspecified atom stereocenters. The van der Waals surface area contributed by atoms with Gasteiger partial charge in [-0.2, -0.15) is 0 Å². The van der Waals surface area contributed by atoms with Crippen molar-refractivity contribution < 1.29 is 33.3 Å². The lowest BCUT2D eigenvalue weighted by Crippen LogP contribution is -2.44. The Morgan fingerprint density at radius 1 is 1.22 bits per heavy atom. The molecule has 208 valence electrons. The van der Waals surface area contributed by atoms with E-state index in [1.165, 1.54) is 4.90 Å². The van der Waals surface area contributed by atoms with Crippen LogP contribution in [-0.4, -0.2) is 75.6 Å². The molecule has 2 heterocycles. The summed E-state index contributed by atoms with van der Waals surface area (Å²) < 4.78 is 28.7. The molecular weight excluding hydrogens is 478 g/mol. The molecule has 0 aliphatic carbocycles. The maximum absolute atomic E-state index is 13.0. The average Bonchev–Trinajstić information content (AvgIpc) is 3.31. The zero-order valence-electron chi connectivity index (χ0n) is 23.9. The molecule has 0 spiro atoms. The summed E-state index contributed by atoms with van der Waals surface area (Å²) in [5.74, 6) is -0.909. The van der Waals surface area contributed by atoms with Gasteiger partial charge in [0.2, 0.25) is 5.91 Å². The first-order valence-corrected chi connectivity index (χ1v) is 17.1. The second-order valence-corrected chi connectivity index (χ2v) is 17.9. The summed E-state index contributed by atoms with van der Waals surface area (Å²) >= 11 is 0. The smallest absolute Gasteiger partial charge is 0.416 e. The van der Waals surface area contributed by atoms with Crippen molar-refractivity contribution in [2.75, 3.05) is 26.6 Å². The van der Waals surface area contributed by atoms with Crippen LogP contribution in [-0.2, 0) is 28.5 Å². The number of carbonyl (C=O) groups excluding carboxylic acids is 2. The fourth-order valence-corrected chi connectivity index (χ4v) is 5.15. The van der Waals surface area contributed by atoms with Crippen LogP contribution in [0, 0.1) is 11.8 Å². The lowest BCUT2D eigenvalue weighted by atomic mass is 9.97. The molecule has 2 aliphatic heterocycles. The first kappa shape index (κ1) is 31.0. The van der Waals surface area contributed by atoms with Gasteiger partial charge in [-0.25, -0.2) is 9.69 Å². The molecule has 0 aromatic carbocycles. The number of cyclic esters (lactones) is 1. The van der Waals surface area contributed by atoms with Gasteiger partial charge in [0.15, 0.2) is 5.79 Å². The van der Waals surface area contributed by atoms with E-state index < -0.39 is 20.0 Å². The van der Waals surface area contributed by atoms with Crippen LogP contribution < -0.4 is 0 Å². The van der Waals surface area contributed by atoms with Gasteiger partial charge >= 0.3 is 6.09 Å². The zero-order valence-corrected chi connectivity index (χ0v) is 24.9. The molecule has 2 fully saturated rings. The van der Waals surface area contributed by atoms with Crippen LogP contribution in [0.3, 0.4) is 0 Å². The van der Waals surface area contributed by atoms with Crippen LogP contribution in [0.1, 0.15) is 60.8 Å². The molecule has 36 heavy (non-hydrogen) atoms. The Morgan fingerprint density at radius 3 is 2.50 bits per heavy atom. The van der Waals surface area contributed by atoms with Gasteiger partial charge < -0.3 is 23.7 Å². The first-order valence-electron chi connectivity index (χ1n) is 13.3. The Labute approximate surface area is 219 Å². The van der Waals surface area contributed by atoms with Crippen molar-refractivity contribution in [1.82, 2.24) is 4.90 Å². The molecule has 2 aliphatic rings. The minimum Gasteiger partial charge on any atom is -0.447 e. The number of carbonyl (C=O) groups is 2. The van der Waals surface area contributed by atoms with E-state index in [1.807, 2.05) is 41.5 Å². The van der Waals surface area contributed by atoms with Crippen LogP contribution >= 0.6 is 0 Å². The third-order valence-electron chi connectivity index (χ3n) is 6.67. The van der Waals surface area contributed by atoms with Crippen molar-refractivity contribution in [2.24, 2.45) is 11.8 Å². The summed E-state index contributed by atoms with van der Waals surface area (Å²) in [6, 6.07) is 0.899. The highest BCUT2D eigenvalue weighted by molar-refractivity contribution is 6.76. The van der Waals surface area contributed by atoms with E-state index in [9.17, 15) is 9.59 Å². The van der Waals surface area contributed by atoms with Gasteiger partial charge in [0.25, 0.3) is 0 Å². The van der Waals surface area contributed by atoms with Crippen LogP contribution in [0.2, 0.25) is 25.7 Å². The van der Waals surface area contributed by atoms with Gasteiger partial charge in [-0.15, -0.1) is 0 Å². The van der Waals surface area contributed by atoms with Crippen molar-refractivity contribution in [3.63, 3.8) is 0 Å². The van der Waals surface area contributed by atoms with Crippen LogP contribution in [0.4, 0.5) is 4.79 Å². The minimum atomic E-state index is -1.15. The van der Waals surface area contributed by atoms with Crippen molar-refractivity contribution in [3.8, 4) is 0 Å². The Bertz CT molecular complexity index is 762. The number of hydrogen-bond acceptors (Lipinski definition) is 7. The van der Waals surface area contributed by atoms with Gasteiger partial charge in [0, 0.05) is 27.0 Å². The zero-order chi connectivity index (χ0) is 27.1. The van der Waals surface area contributed by atoms with Crippen molar-refractivity contribution in [3.05, 3.63) is 11.6 Å². The topological polar surface area (TPSA) is 83.5 Å².